The van der Waals surface area contributed by atoms with Crippen LogP contribution in [-0.4, -0.2) is 0 Å². The summed E-state index contributed by atoms with van der Waals surface area (Å²) in [5.74, 6) is 0. The average Bonchev–Trinajstić information content (AvgIpc) is 2.84. The van der Waals surface area contributed by atoms with Gasteiger partial charge in [0.25, 0.3) is 0 Å². The van der Waals surface area contributed by atoms with Crippen molar-refractivity contribution in [2.75, 3.05) is 0 Å². The third-order valence-corrected chi connectivity index (χ3v) is 4.86. The highest BCUT2D eigenvalue weighted by Gasteiger charge is 2.05. The van der Waals surface area contributed by atoms with Gasteiger partial charge in [-0.15, -0.1) is 22.7 Å². The third kappa shape index (κ3) is 3.14. The Morgan fingerprint density at radius 3 is 2.87 bits per heavy atom. The summed E-state index contributed by atoms with van der Waals surface area (Å²) in [4.78, 5) is 2.76. The molecule has 1 atom stereocenters. The van der Waals surface area contributed by atoms with Crippen molar-refractivity contribution in [1.82, 2.24) is 5.32 Å². The molecule has 0 aliphatic carbocycles. The normalized spacial score (nSPS) is 12.9. The smallest absolute Gasteiger partial charge is 0.0701 e. The Labute approximate surface area is 106 Å². The van der Waals surface area contributed by atoms with Gasteiger partial charge in [0, 0.05) is 22.3 Å². The first-order valence-electron chi connectivity index (χ1n) is 4.76. The number of hydrogen-bond donors (Lipinski definition) is 1. The number of nitrogens with one attached hydrogen (secondary N) is 1. The van der Waals surface area contributed by atoms with Crippen molar-refractivity contribution in [2.24, 2.45) is 0 Å². The van der Waals surface area contributed by atoms with Gasteiger partial charge in [0.15, 0.2) is 0 Å². The van der Waals surface area contributed by atoms with Crippen LogP contribution in [0.3, 0.4) is 0 Å². The molecule has 0 radical (unpaired) electrons. The zero-order valence-corrected chi connectivity index (χ0v) is 11.6. The lowest BCUT2D eigenvalue weighted by molar-refractivity contribution is 0.587. The molecule has 2 aromatic heterocycles. The van der Waals surface area contributed by atoms with E-state index in [1.54, 1.807) is 22.7 Å². The van der Waals surface area contributed by atoms with Gasteiger partial charge in [0.05, 0.1) is 3.79 Å². The minimum atomic E-state index is 0.436. The molecule has 0 spiro atoms. The highest BCUT2D eigenvalue weighted by molar-refractivity contribution is 9.11. The van der Waals surface area contributed by atoms with Gasteiger partial charge in [-0.05, 0) is 46.4 Å². The van der Waals surface area contributed by atoms with Gasteiger partial charge in [-0.3, -0.25) is 0 Å². The van der Waals surface area contributed by atoms with Gasteiger partial charge in [-0.1, -0.05) is 6.07 Å². The molecular weight excluding hydrogens is 290 g/mol. The first kappa shape index (κ1) is 11.3. The second kappa shape index (κ2) is 5.25. The lowest BCUT2D eigenvalue weighted by atomic mass is 10.3. The Balaban J connectivity index is 1.88. The summed E-state index contributed by atoms with van der Waals surface area (Å²) in [6.45, 7) is 3.14. The van der Waals surface area contributed by atoms with Crippen molar-refractivity contribution in [1.29, 1.82) is 0 Å². The van der Waals surface area contributed by atoms with Crippen molar-refractivity contribution in [2.45, 2.75) is 19.5 Å². The molecule has 1 N–H and O–H groups in total. The highest BCUT2D eigenvalue weighted by Crippen LogP contribution is 2.23. The molecule has 0 saturated carbocycles. The molecule has 0 aromatic carbocycles. The molecular formula is C11H12BrNS2. The Bertz CT molecular complexity index is 408. The van der Waals surface area contributed by atoms with E-state index in [1.807, 2.05) is 0 Å². The Morgan fingerprint density at radius 1 is 1.40 bits per heavy atom. The topological polar surface area (TPSA) is 12.0 Å². The number of hydrogen-bond acceptors (Lipinski definition) is 3. The average molecular weight is 302 g/mol. The lowest BCUT2D eigenvalue weighted by Crippen LogP contribution is -2.16. The molecule has 2 aromatic rings. The highest BCUT2D eigenvalue weighted by atomic mass is 79.9. The number of halogens is 1. The molecule has 0 saturated heterocycles. The van der Waals surface area contributed by atoms with Crippen LogP contribution in [0.4, 0.5) is 0 Å². The predicted octanol–water partition coefficient (Wildman–Crippen LogP) is 4.42. The Kier molecular flexibility index (Phi) is 3.97. The minimum Gasteiger partial charge on any atom is -0.305 e. The molecule has 2 rings (SSSR count). The SMILES string of the molecule is C[C@@H](NCc1ccc(Br)s1)c1cccs1. The van der Waals surface area contributed by atoms with Crippen LogP contribution in [0.2, 0.25) is 0 Å². The van der Waals surface area contributed by atoms with E-state index in [0.717, 1.165) is 6.54 Å². The molecule has 0 aliphatic rings. The van der Waals surface area contributed by atoms with E-state index < -0.39 is 0 Å². The van der Waals surface area contributed by atoms with Gasteiger partial charge >= 0.3 is 0 Å². The summed E-state index contributed by atoms with van der Waals surface area (Å²) in [6, 6.07) is 8.96. The second-order valence-electron chi connectivity index (χ2n) is 3.32. The van der Waals surface area contributed by atoms with Crippen molar-refractivity contribution < 1.29 is 0 Å². The second-order valence-corrected chi connectivity index (χ2v) is 6.85. The Hall–Kier alpha value is -0.160. The summed E-state index contributed by atoms with van der Waals surface area (Å²) < 4.78 is 1.20. The molecule has 4 heteroatoms. The van der Waals surface area contributed by atoms with Crippen LogP contribution in [0.5, 0.6) is 0 Å². The first-order valence-corrected chi connectivity index (χ1v) is 7.25. The van der Waals surface area contributed by atoms with Crippen LogP contribution >= 0.6 is 38.6 Å². The van der Waals surface area contributed by atoms with E-state index in [-0.39, 0.29) is 0 Å². The monoisotopic (exact) mass is 301 g/mol. The summed E-state index contributed by atoms with van der Waals surface area (Å²) in [5.41, 5.74) is 0. The molecule has 0 bridgehead atoms. The van der Waals surface area contributed by atoms with Gasteiger partial charge in [-0.25, -0.2) is 0 Å². The molecule has 0 aliphatic heterocycles. The van der Waals surface area contributed by atoms with Gasteiger partial charge in [0.1, 0.15) is 0 Å². The quantitative estimate of drug-likeness (QED) is 0.881. The van der Waals surface area contributed by atoms with Crippen LogP contribution < -0.4 is 5.32 Å². The van der Waals surface area contributed by atoms with Crippen LogP contribution in [-0.2, 0) is 6.54 Å². The van der Waals surface area contributed by atoms with Crippen molar-refractivity contribution >= 4 is 38.6 Å². The van der Waals surface area contributed by atoms with E-state index in [1.165, 1.54) is 13.5 Å². The number of thiophene rings is 2. The van der Waals surface area contributed by atoms with E-state index in [9.17, 15) is 0 Å². The summed E-state index contributed by atoms with van der Waals surface area (Å²) in [5, 5.41) is 5.63. The molecule has 0 amide bonds. The fourth-order valence-electron chi connectivity index (χ4n) is 1.34. The zero-order chi connectivity index (χ0) is 10.7. The largest absolute Gasteiger partial charge is 0.305 e. The molecule has 15 heavy (non-hydrogen) atoms. The van der Waals surface area contributed by atoms with Crippen LogP contribution in [0.1, 0.15) is 22.7 Å². The Morgan fingerprint density at radius 2 is 2.27 bits per heavy atom. The lowest BCUT2D eigenvalue weighted by Gasteiger charge is -2.10. The maximum Gasteiger partial charge on any atom is 0.0701 e. The van der Waals surface area contributed by atoms with E-state index >= 15 is 0 Å². The van der Waals surface area contributed by atoms with Crippen LogP contribution in [0.25, 0.3) is 0 Å². The van der Waals surface area contributed by atoms with E-state index in [0.29, 0.717) is 6.04 Å². The van der Waals surface area contributed by atoms with Crippen LogP contribution in [0, 0.1) is 0 Å². The van der Waals surface area contributed by atoms with Gasteiger partial charge in [0.2, 0.25) is 0 Å². The summed E-state index contributed by atoms with van der Waals surface area (Å²) in [6.07, 6.45) is 0. The van der Waals surface area contributed by atoms with Crippen molar-refractivity contribution in [3.8, 4) is 0 Å². The maximum absolute atomic E-state index is 3.51. The van der Waals surface area contributed by atoms with Gasteiger partial charge in [-0.2, -0.15) is 0 Å². The summed E-state index contributed by atoms with van der Waals surface area (Å²) >= 11 is 7.06. The van der Waals surface area contributed by atoms with Crippen molar-refractivity contribution in [3.05, 3.63) is 43.2 Å². The molecule has 1 nitrogen and oxygen atoms in total. The molecule has 0 unspecified atom stereocenters. The molecule has 2 heterocycles. The predicted molar refractivity (Wildman–Crippen MR) is 71.6 cm³/mol. The van der Waals surface area contributed by atoms with Crippen LogP contribution in [0.15, 0.2) is 33.4 Å². The fourth-order valence-corrected chi connectivity index (χ4v) is 3.53. The van der Waals surface area contributed by atoms with Gasteiger partial charge < -0.3 is 5.32 Å². The third-order valence-electron chi connectivity index (χ3n) is 2.18. The first-order chi connectivity index (χ1) is 7.25. The fraction of sp³-hybridized carbons (Fsp3) is 0.273. The van der Waals surface area contributed by atoms with E-state index in [4.69, 9.17) is 0 Å². The van der Waals surface area contributed by atoms with E-state index in [2.05, 4.69) is 57.8 Å². The summed E-state index contributed by atoms with van der Waals surface area (Å²) in [7, 11) is 0. The van der Waals surface area contributed by atoms with Crippen molar-refractivity contribution in [3.63, 3.8) is 0 Å². The standard InChI is InChI=1S/C11H12BrNS2/c1-8(10-3-2-6-14-10)13-7-9-4-5-11(12)15-9/h2-6,8,13H,7H2,1H3/t8-/m1/s1. The maximum atomic E-state index is 3.51. The number of rotatable bonds is 4. The molecule has 0 fully saturated rings. The minimum absolute atomic E-state index is 0.436. The molecule has 80 valence electrons. The zero-order valence-electron chi connectivity index (χ0n) is 8.37.